The lowest BCUT2D eigenvalue weighted by molar-refractivity contribution is -0.119. The van der Waals surface area contributed by atoms with Crippen molar-refractivity contribution in [1.29, 1.82) is 0 Å². The van der Waals surface area contributed by atoms with E-state index in [2.05, 4.69) is 5.32 Å². The number of fused-ring (bicyclic) bond motifs is 1. The van der Waals surface area contributed by atoms with Crippen LogP contribution in [0.2, 0.25) is 0 Å². The fourth-order valence-electron chi connectivity index (χ4n) is 1.91. The molecule has 0 fully saturated rings. The van der Waals surface area contributed by atoms with Crippen LogP contribution in [0.1, 0.15) is 25.8 Å². The number of nitrogens with one attached hydrogen (secondary N) is 1. The molecule has 0 aromatic heterocycles. The number of rotatable bonds is 4. The van der Waals surface area contributed by atoms with Gasteiger partial charge in [0.15, 0.2) is 0 Å². The zero-order chi connectivity index (χ0) is 12.5. The van der Waals surface area contributed by atoms with E-state index in [1.54, 1.807) is 0 Å². The highest BCUT2D eigenvalue weighted by Gasteiger charge is 2.38. The first-order valence-electron chi connectivity index (χ1n) is 5.84. The van der Waals surface area contributed by atoms with Gasteiger partial charge in [0.25, 0.3) is 0 Å². The van der Waals surface area contributed by atoms with Crippen molar-refractivity contribution in [2.45, 2.75) is 25.7 Å². The van der Waals surface area contributed by atoms with Gasteiger partial charge in [0.1, 0.15) is 5.75 Å². The quantitative estimate of drug-likeness (QED) is 0.778. The summed E-state index contributed by atoms with van der Waals surface area (Å²) in [5.74, 6) is 0.827. The second-order valence-electron chi connectivity index (χ2n) is 4.78. The van der Waals surface area contributed by atoms with Crippen LogP contribution in [0, 0.1) is 0 Å². The van der Waals surface area contributed by atoms with Crippen LogP contribution in [-0.2, 0) is 10.2 Å². The van der Waals surface area contributed by atoms with Gasteiger partial charge in [-0.1, -0.05) is 0 Å². The van der Waals surface area contributed by atoms with E-state index in [0.717, 1.165) is 23.4 Å². The molecule has 1 aliphatic rings. The van der Waals surface area contributed by atoms with Crippen molar-refractivity contribution in [2.75, 3.05) is 18.5 Å². The Balaban J connectivity index is 2.20. The lowest BCUT2D eigenvalue weighted by Crippen LogP contribution is -2.26. The van der Waals surface area contributed by atoms with Crippen LogP contribution in [0.5, 0.6) is 5.75 Å². The van der Waals surface area contributed by atoms with Gasteiger partial charge in [-0.05, 0) is 50.6 Å². The van der Waals surface area contributed by atoms with Crippen LogP contribution in [0.15, 0.2) is 18.2 Å². The van der Waals surface area contributed by atoms with E-state index >= 15 is 0 Å². The number of nitrogens with two attached hydrogens (primary N) is 1. The summed E-state index contributed by atoms with van der Waals surface area (Å²) in [6, 6.07) is 5.69. The van der Waals surface area contributed by atoms with Gasteiger partial charge in [-0.3, -0.25) is 4.79 Å². The summed E-state index contributed by atoms with van der Waals surface area (Å²) in [6.07, 6.45) is 0.831. The normalized spacial score (nSPS) is 16.5. The molecule has 1 aliphatic heterocycles. The molecule has 0 saturated heterocycles. The third kappa shape index (κ3) is 2.13. The largest absolute Gasteiger partial charge is 0.494 e. The van der Waals surface area contributed by atoms with Crippen molar-refractivity contribution in [2.24, 2.45) is 5.73 Å². The van der Waals surface area contributed by atoms with Crippen LogP contribution in [-0.4, -0.2) is 19.1 Å². The Labute approximate surface area is 101 Å². The highest BCUT2D eigenvalue weighted by molar-refractivity contribution is 6.05. The molecule has 4 nitrogen and oxygen atoms in total. The first-order valence-corrected chi connectivity index (χ1v) is 5.84. The summed E-state index contributed by atoms with van der Waals surface area (Å²) in [4.78, 5) is 11.8. The van der Waals surface area contributed by atoms with E-state index < -0.39 is 5.41 Å². The van der Waals surface area contributed by atoms with E-state index in [-0.39, 0.29) is 5.91 Å². The summed E-state index contributed by atoms with van der Waals surface area (Å²) in [5, 5.41) is 2.87. The monoisotopic (exact) mass is 234 g/mol. The Kier molecular flexibility index (Phi) is 3.07. The van der Waals surface area contributed by atoms with Crippen molar-refractivity contribution in [3.63, 3.8) is 0 Å². The van der Waals surface area contributed by atoms with Crippen molar-refractivity contribution in [3.8, 4) is 5.75 Å². The molecule has 0 saturated carbocycles. The molecule has 92 valence electrons. The van der Waals surface area contributed by atoms with Gasteiger partial charge in [0.2, 0.25) is 5.91 Å². The molecule has 0 radical (unpaired) electrons. The summed E-state index contributed by atoms with van der Waals surface area (Å²) in [5.41, 5.74) is 6.80. The highest BCUT2D eigenvalue weighted by atomic mass is 16.5. The molecule has 1 aromatic rings. The van der Waals surface area contributed by atoms with Crippen LogP contribution in [0.3, 0.4) is 0 Å². The maximum absolute atomic E-state index is 11.8. The Hall–Kier alpha value is -1.55. The van der Waals surface area contributed by atoms with Crippen molar-refractivity contribution < 1.29 is 9.53 Å². The van der Waals surface area contributed by atoms with E-state index in [4.69, 9.17) is 10.5 Å². The fraction of sp³-hybridized carbons (Fsp3) is 0.462. The molecule has 1 amide bonds. The second kappa shape index (κ2) is 4.37. The van der Waals surface area contributed by atoms with Crippen LogP contribution >= 0.6 is 0 Å². The molecule has 3 N–H and O–H groups in total. The maximum atomic E-state index is 11.8. The summed E-state index contributed by atoms with van der Waals surface area (Å²) in [7, 11) is 0. The van der Waals surface area contributed by atoms with Crippen molar-refractivity contribution in [3.05, 3.63) is 23.8 Å². The minimum absolute atomic E-state index is 0.0339. The van der Waals surface area contributed by atoms with Crippen LogP contribution < -0.4 is 15.8 Å². The number of carbonyl (C=O) groups is 1. The molecular weight excluding hydrogens is 216 g/mol. The van der Waals surface area contributed by atoms with E-state index in [1.165, 1.54) is 0 Å². The predicted octanol–water partition coefficient (Wildman–Crippen LogP) is 1.64. The van der Waals surface area contributed by atoms with Gasteiger partial charge in [-0.15, -0.1) is 0 Å². The lowest BCUT2D eigenvalue weighted by atomic mass is 9.86. The lowest BCUT2D eigenvalue weighted by Gasteiger charge is -2.16. The van der Waals surface area contributed by atoms with Gasteiger partial charge < -0.3 is 15.8 Å². The number of hydrogen-bond donors (Lipinski definition) is 2. The number of benzene rings is 1. The maximum Gasteiger partial charge on any atom is 0.234 e. The third-order valence-corrected chi connectivity index (χ3v) is 3.10. The number of amides is 1. The number of anilines is 1. The Morgan fingerprint density at radius 1 is 1.41 bits per heavy atom. The zero-order valence-electron chi connectivity index (χ0n) is 10.2. The van der Waals surface area contributed by atoms with Gasteiger partial charge in [-0.25, -0.2) is 0 Å². The van der Waals surface area contributed by atoms with Crippen molar-refractivity contribution in [1.82, 2.24) is 0 Å². The summed E-state index contributed by atoms with van der Waals surface area (Å²) < 4.78 is 5.58. The minimum Gasteiger partial charge on any atom is -0.494 e. The predicted molar refractivity (Wildman–Crippen MR) is 67.3 cm³/mol. The van der Waals surface area contributed by atoms with Crippen LogP contribution in [0.25, 0.3) is 0 Å². The fourth-order valence-corrected chi connectivity index (χ4v) is 1.91. The number of ether oxygens (including phenoxy) is 1. The van der Waals surface area contributed by atoms with Gasteiger partial charge in [-0.2, -0.15) is 0 Å². The SMILES string of the molecule is CC1(C)C(=O)Nc2ccc(OCCCN)cc21. The molecule has 0 aliphatic carbocycles. The molecule has 0 spiro atoms. The molecule has 1 aromatic carbocycles. The van der Waals surface area contributed by atoms with Gasteiger partial charge in [0, 0.05) is 5.69 Å². The second-order valence-corrected chi connectivity index (χ2v) is 4.78. The molecule has 17 heavy (non-hydrogen) atoms. The number of carbonyl (C=O) groups excluding carboxylic acids is 1. The average Bonchev–Trinajstić information content (AvgIpc) is 2.51. The standard InChI is InChI=1S/C13H18N2O2/c1-13(2)10-8-9(17-7-3-6-14)4-5-11(10)15-12(13)16/h4-5,8H,3,6-7,14H2,1-2H3,(H,15,16). The van der Waals surface area contributed by atoms with E-state index in [9.17, 15) is 4.79 Å². The molecular formula is C13H18N2O2. The molecule has 4 heteroatoms. The molecule has 0 bridgehead atoms. The minimum atomic E-state index is -0.484. The summed E-state index contributed by atoms with van der Waals surface area (Å²) >= 11 is 0. The molecule has 0 unspecified atom stereocenters. The molecule has 0 atom stereocenters. The Morgan fingerprint density at radius 3 is 2.88 bits per heavy atom. The van der Waals surface area contributed by atoms with Gasteiger partial charge >= 0.3 is 0 Å². The topological polar surface area (TPSA) is 64.3 Å². The molecule has 2 rings (SSSR count). The Morgan fingerprint density at radius 2 is 2.18 bits per heavy atom. The van der Waals surface area contributed by atoms with Gasteiger partial charge in [0.05, 0.1) is 12.0 Å². The zero-order valence-corrected chi connectivity index (χ0v) is 10.2. The van der Waals surface area contributed by atoms with E-state index in [1.807, 2.05) is 32.0 Å². The molecule has 1 heterocycles. The first-order chi connectivity index (χ1) is 8.05. The van der Waals surface area contributed by atoms with Crippen LogP contribution in [0.4, 0.5) is 5.69 Å². The highest BCUT2D eigenvalue weighted by Crippen LogP contribution is 2.39. The third-order valence-electron chi connectivity index (χ3n) is 3.10. The number of hydrogen-bond acceptors (Lipinski definition) is 3. The smallest absolute Gasteiger partial charge is 0.234 e. The summed E-state index contributed by atoms with van der Waals surface area (Å²) in [6.45, 7) is 5.06. The van der Waals surface area contributed by atoms with E-state index in [0.29, 0.717) is 13.2 Å². The average molecular weight is 234 g/mol. The Bertz CT molecular complexity index is 441. The van der Waals surface area contributed by atoms with Crippen molar-refractivity contribution >= 4 is 11.6 Å². The first kappa shape index (κ1) is 11.9.